The third-order valence-corrected chi connectivity index (χ3v) is 6.94. The van der Waals surface area contributed by atoms with Crippen molar-refractivity contribution in [2.45, 2.75) is 65.3 Å². The summed E-state index contributed by atoms with van der Waals surface area (Å²) in [5.74, 6) is 1.29. The van der Waals surface area contributed by atoms with Gasteiger partial charge in [-0.25, -0.2) is 0 Å². The van der Waals surface area contributed by atoms with Crippen LogP contribution in [0.4, 0.5) is 5.69 Å². The van der Waals surface area contributed by atoms with Gasteiger partial charge in [0.2, 0.25) is 5.91 Å². The van der Waals surface area contributed by atoms with Crippen LogP contribution in [0, 0.1) is 13.8 Å². The van der Waals surface area contributed by atoms with E-state index in [4.69, 9.17) is 4.74 Å². The predicted molar refractivity (Wildman–Crippen MR) is 136 cm³/mol. The number of carbonyl (C=O) groups excluding carboxylic acids is 1. The Labute approximate surface area is 198 Å². The highest BCUT2D eigenvalue weighted by atomic mass is 16.5. The second-order valence-electron chi connectivity index (χ2n) is 9.61. The summed E-state index contributed by atoms with van der Waals surface area (Å²) in [6, 6.07) is 21.2. The smallest absolute Gasteiger partial charge is 0.234 e. The molecule has 0 radical (unpaired) electrons. The maximum absolute atomic E-state index is 14.2. The van der Waals surface area contributed by atoms with Gasteiger partial charge < -0.3 is 9.64 Å². The van der Waals surface area contributed by atoms with Gasteiger partial charge in [-0.2, -0.15) is 0 Å². The minimum absolute atomic E-state index is 0.154. The van der Waals surface area contributed by atoms with Crippen LogP contribution in [0.15, 0.2) is 60.7 Å². The molecule has 0 spiro atoms. The van der Waals surface area contributed by atoms with Crippen LogP contribution < -0.4 is 9.64 Å². The van der Waals surface area contributed by atoms with E-state index in [0.717, 1.165) is 36.3 Å². The molecule has 0 N–H and O–H groups in total. The van der Waals surface area contributed by atoms with Gasteiger partial charge in [-0.05, 0) is 91.1 Å². The molecule has 1 atom stereocenters. The summed E-state index contributed by atoms with van der Waals surface area (Å²) in [6.45, 7) is 9.19. The zero-order chi connectivity index (χ0) is 23.5. The van der Waals surface area contributed by atoms with E-state index in [2.05, 4.69) is 82.3 Å². The lowest BCUT2D eigenvalue weighted by Gasteiger charge is -2.32. The molecule has 0 fully saturated rings. The summed E-state index contributed by atoms with van der Waals surface area (Å²) in [6.07, 6.45) is 2.91. The fourth-order valence-corrected chi connectivity index (χ4v) is 4.83. The van der Waals surface area contributed by atoms with Crippen LogP contribution >= 0.6 is 0 Å². The summed E-state index contributed by atoms with van der Waals surface area (Å²) in [4.78, 5) is 16.2. The van der Waals surface area contributed by atoms with Gasteiger partial charge in [-0.3, -0.25) is 4.79 Å². The number of amides is 1. The molecule has 4 rings (SSSR count). The van der Waals surface area contributed by atoms with Crippen molar-refractivity contribution in [3.8, 4) is 5.75 Å². The van der Waals surface area contributed by atoms with Crippen molar-refractivity contribution in [1.82, 2.24) is 0 Å². The molecule has 0 saturated carbocycles. The largest absolute Gasteiger partial charge is 0.497 e. The maximum atomic E-state index is 14.2. The van der Waals surface area contributed by atoms with Gasteiger partial charge in [0.05, 0.1) is 19.6 Å². The molecule has 0 bridgehead atoms. The summed E-state index contributed by atoms with van der Waals surface area (Å²) in [5.41, 5.74) is 8.25. The number of aryl methyl sites for hydroxylation is 3. The molecule has 0 aromatic heterocycles. The second kappa shape index (κ2) is 9.82. The first-order chi connectivity index (χ1) is 15.9. The standard InChI is InChI=1S/C30H35NO2/c1-20(2)23-11-14-26(15-12-23)31(19-25-17-21(3)9-10-22(25)4)30(32)28-8-6-7-24-13-16-27(33-5)18-29(24)28/h9-18,20,28H,6-8,19H2,1-5H3. The quantitative estimate of drug-likeness (QED) is 0.409. The van der Waals surface area contributed by atoms with Crippen LogP contribution in [0.2, 0.25) is 0 Å². The van der Waals surface area contributed by atoms with Crippen LogP contribution in [0.5, 0.6) is 5.75 Å². The average molecular weight is 442 g/mol. The van der Waals surface area contributed by atoms with E-state index >= 15 is 0 Å². The van der Waals surface area contributed by atoms with Gasteiger partial charge >= 0.3 is 0 Å². The summed E-state index contributed by atoms with van der Waals surface area (Å²) in [7, 11) is 1.68. The Hall–Kier alpha value is -3.07. The molecule has 33 heavy (non-hydrogen) atoms. The minimum atomic E-state index is -0.154. The highest BCUT2D eigenvalue weighted by Gasteiger charge is 2.31. The van der Waals surface area contributed by atoms with E-state index in [0.29, 0.717) is 12.5 Å². The van der Waals surface area contributed by atoms with Crippen LogP contribution in [0.25, 0.3) is 0 Å². The van der Waals surface area contributed by atoms with E-state index in [1.807, 2.05) is 11.0 Å². The van der Waals surface area contributed by atoms with Crippen molar-refractivity contribution in [3.63, 3.8) is 0 Å². The number of rotatable bonds is 6. The van der Waals surface area contributed by atoms with Crippen molar-refractivity contribution >= 4 is 11.6 Å². The Kier molecular flexibility index (Phi) is 6.88. The molecule has 0 aliphatic heterocycles. The minimum Gasteiger partial charge on any atom is -0.497 e. The van der Waals surface area contributed by atoms with Gasteiger partial charge in [0.1, 0.15) is 5.75 Å². The van der Waals surface area contributed by atoms with Crippen LogP contribution in [-0.2, 0) is 17.8 Å². The van der Waals surface area contributed by atoms with Crippen molar-refractivity contribution < 1.29 is 9.53 Å². The van der Waals surface area contributed by atoms with Gasteiger partial charge in [0.15, 0.2) is 0 Å². The highest BCUT2D eigenvalue weighted by Crippen LogP contribution is 2.37. The molecule has 3 aromatic carbocycles. The third-order valence-electron chi connectivity index (χ3n) is 6.94. The average Bonchev–Trinajstić information content (AvgIpc) is 2.83. The Morgan fingerprint density at radius 3 is 2.48 bits per heavy atom. The second-order valence-corrected chi connectivity index (χ2v) is 9.61. The first-order valence-electron chi connectivity index (χ1n) is 12.0. The fourth-order valence-electron chi connectivity index (χ4n) is 4.83. The number of methoxy groups -OCH3 is 1. The van der Waals surface area contributed by atoms with E-state index < -0.39 is 0 Å². The highest BCUT2D eigenvalue weighted by molar-refractivity contribution is 5.98. The number of benzene rings is 3. The van der Waals surface area contributed by atoms with Gasteiger partial charge in [0.25, 0.3) is 0 Å². The van der Waals surface area contributed by atoms with Crippen molar-refractivity contribution in [2.75, 3.05) is 12.0 Å². The molecule has 1 aliphatic rings. The van der Waals surface area contributed by atoms with E-state index in [9.17, 15) is 4.79 Å². The number of ether oxygens (including phenoxy) is 1. The number of anilines is 1. The zero-order valence-electron chi connectivity index (χ0n) is 20.5. The molecule has 1 amide bonds. The Bertz CT molecular complexity index is 1130. The molecule has 3 nitrogen and oxygen atoms in total. The Balaban J connectivity index is 1.75. The SMILES string of the molecule is COc1ccc2c(c1)C(C(=O)N(Cc1cc(C)ccc1C)c1ccc(C(C)C)cc1)CCC2. The summed E-state index contributed by atoms with van der Waals surface area (Å²) in [5, 5.41) is 0. The molecular weight excluding hydrogens is 406 g/mol. The number of carbonyl (C=O) groups is 1. The van der Waals surface area contributed by atoms with Crippen molar-refractivity contribution in [1.29, 1.82) is 0 Å². The first-order valence-corrected chi connectivity index (χ1v) is 12.0. The normalized spacial score (nSPS) is 15.3. The van der Waals surface area contributed by atoms with Gasteiger partial charge in [-0.1, -0.05) is 55.8 Å². The maximum Gasteiger partial charge on any atom is 0.234 e. The van der Waals surface area contributed by atoms with Crippen LogP contribution in [-0.4, -0.2) is 13.0 Å². The lowest BCUT2D eigenvalue weighted by atomic mass is 9.81. The summed E-state index contributed by atoms with van der Waals surface area (Å²) >= 11 is 0. The van der Waals surface area contributed by atoms with E-state index in [1.54, 1.807) is 7.11 Å². The number of hydrogen-bond donors (Lipinski definition) is 0. The van der Waals surface area contributed by atoms with Crippen molar-refractivity contribution in [3.05, 3.63) is 94.0 Å². The topological polar surface area (TPSA) is 29.5 Å². The number of nitrogens with zero attached hydrogens (tertiary/aromatic N) is 1. The molecule has 3 aromatic rings. The zero-order valence-corrected chi connectivity index (χ0v) is 20.5. The third kappa shape index (κ3) is 4.98. The lowest BCUT2D eigenvalue weighted by molar-refractivity contribution is -0.120. The molecule has 1 aliphatic carbocycles. The summed E-state index contributed by atoms with van der Waals surface area (Å²) < 4.78 is 5.49. The number of fused-ring (bicyclic) bond motifs is 1. The molecule has 172 valence electrons. The Morgan fingerprint density at radius 2 is 1.79 bits per heavy atom. The first kappa shape index (κ1) is 23.1. The molecular formula is C30H35NO2. The van der Waals surface area contributed by atoms with E-state index in [-0.39, 0.29) is 11.8 Å². The van der Waals surface area contributed by atoms with Crippen LogP contribution in [0.3, 0.4) is 0 Å². The Morgan fingerprint density at radius 1 is 1.03 bits per heavy atom. The van der Waals surface area contributed by atoms with Crippen molar-refractivity contribution in [2.24, 2.45) is 0 Å². The van der Waals surface area contributed by atoms with Gasteiger partial charge in [-0.15, -0.1) is 0 Å². The van der Waals surface area contributed by atoms with E-state index in [1.165, 1.54) is 27.8 Å². The van der Waals surface area contributed by atoms with Gasteiger partial charge in [0, 0.05) is 5.69 Å². The molecule has 1 unspecified atom stereocenters. The number of hydrogen-bond acceptors (Lipinski definition) is 2. The lowest BCUT2D eigenvalue weighted by Crippen LogP contribution is -2.36. The van der Waals surface area contributed by atoms with Crippen LogP contribution in [0.1, 0.15) is 71.9 Å². The molecule has 3 heteroatoms. The fraction of sp³-hybridized carbons (Fsp3) is 0.367. The molecule has 0 saturated heterocycles. The molecule has 0 heterocycles. The predicted octanol–water partition coefficient (Wildman–Crippen LogP) is 7.09. The monoisotopic (exact) mass is 441 g/mol.